The van der Waals surface area contributed by atoms with Gasteiger partial charge in [-0.25, -0.2) is 0 Å². The topological polar surface area (TPSA) is 33.1 Å². The van der Waals surface area contributed by atoms with Gasteiger partial charge >= 0.3 is 6.98 Å². The number of hydrogen-bond donors (Lipinski definition) is 1. The Morgan fingerprint density at radius 2 is 2.14 bits per heavy atom. The summed E-state index contributed by atoms with van der Waals surface area (Å²) in [5, 5.41) is 9.11. The largest absolute Gasteiger partial charge is 0.482 e. The lowest BCUT2D eigenvalue weighted by molar-refractivity contribution is 0.194. The number of aromatic nitrogens is 1. The summed E-state index contributed by atoms with van der Waals surface area (Å²) >= 11 is 0. The Morgan fingerprint density at radius 3 is 2.64 bits per heavy atom. The van der Waals surface area contributed by atoms with Crippen LogP contribution in [0.4, 0.5) is 12.9 Å². The number of halogens is 3. The Labute approximate surface area is 79.8 Å². The number of rotatable bonds is 3. The molecule has 0 aromatic carbocycles. The molecule has 78 valence electrons. The van der Waals surface area contributed by atoms with E-state index in [4.69, 9.17) is 5.11 Å². The molecule has 1 aromatic heterocycles. The molecular formula is C8H10BF3NO-. The zero-order valence-electron chi connectivity index (χ0n) is 7.62. The van der Waals surface area contributed by atoms with Crippen molar-refractivity contribution in [2.75, 3.05) is 0 Å². The van der Waals surface area contributed by atoms with Crippen LogP contribution in [0.5, 0.6) is 0 Å². The number of hydrogen-bond acceptors (Lipinski definition) is 2. The molecule has 6 heteroatoms. The first kappa shape index (κ1) is 11.0. The Balaban J connectivity index is 2.84. The second-order valence-corrected chi connectivity index (χ2v) is 3.18. The van der Waals surface area contributed by atoms with Crippen molar-refractivity contribution in [1.82, 2.24) is 4.98 Å². The van der Waals surface area contributed by atoms with Crippen LogP contribution in [-0.4, -0.2) is 17.1 Å². The lowest BCUT2D eigenvalue weighted by Crippen LogP contribution is -2.19. The fraction of sp³-hybridized carbons (Fsp3) is 0.375. The van der Waals surface area contributed by atoms with E-state index in [9.17, 15) is 12.9 Å². The molecule has 0 aliphatic carbocycles. The minimum absolute atomic E-state index is 0.142. The number of aliphatic hydroxyl groups is 1. The molecule has 14 heavy (non-hydrogen) atoms. The molecule has 1 aromatic rings. The van der Waals surface area contributed by atoms with E-state index in [2.05, 4.69) is 4.98 Å². The van der Waals surface area contributed by atoms with Gasteiger partial charge in [-0.05, 0) is 19.1 Å². The average molecular weight is 204 g/mol. The van der Waals surface area contributed by atoms with Gasteiger partial charge in [-0.2, -0.15) is 0 Å². The normalized spacial score (nSPS) is 14.1. The van der Waals surface area contributed by atoms with Crippen molar-refractivity contribution in [3.63, 3.8) is 0 Å². The van der Waals surface area contributed by atoms with E-state index >= 15 is 0 Å². The standard InChI is InChI=1S/C8H10BF3NO/c1-6(14)8-4-7(2-3-13-8)5-9(10,11)12/h2-4,6,14H,5H2,1H3/q-1. The minimum atomic E-state index is -4.83. The highest BCUT2D eigenvalue weighted by molar-refractivity contribution is 6.57. The van der Waals surface area contributed by atoms with E-state index in [-0.39, 0.29) is 11.3 Å². The van der Waals surface area contributed by atoms with Crippen LogP contribution < -0.4 is 0 Å². The first-order valence-corrected chi connectivity index (χ1v) is 4.22. The molecule has 1 rings (SSSR count). The van der Waals surface area contributed by atoms with Gasteiger partial charge in [0.15, 0.2) is 0 Å². The van der Waals surface area contributed by atoms with Crippen molar-refractivity contribution in [2.45, 2.75) is 19.3 Å². The maximum atomic E-state index is 12.1. The quantitative estimate of drug-likeness (QED) is 0.764. The maximum absolute atomic E-state index is 12.1. The fourth-order valence-corrected chi connectivity index (χ4v) is 1.12. The molecule has 0 spiro atoms. The Bertz CT molecular complexity index is 314. The zero-order valence-corrected chi connectivity index (χ0v) is 7.62. The van der Waals surface area contributed by atoms with E-state index in [1.54, 1.807) is 0 Å². The molecule has 0 radical (unpaired) electrons. The van der Waals surface area contributed by atoms with Crippen LogP contribution in [0.15, 0.2) is 18.3 Å². The molecular weight excluding hydrogens is 194 g/mol. The third kappa shape index (κ3) is 3.37. The summed E-state index contributed by atoms with van der Waals surface area (Å²) in [7, 11) is 0. The van der Waals surface area contributed by atoms with Gasteiger partial charge in [0.25, 0.3) is 0 Å². The summed E-state index contributed by atoms with van der Waals surface area (Å²) in [5.74, 6) is 0. The SMILES string of the molecule is CC(O)c1cc(C[B-](F)(F)F)ccn1. The molecule has 1 unspecified atom stereocenters. The molecule has 0 amide bonds. The van der Waals surface area contributed by atoms with Crippen LogP contribution >= 0.6 is 0 Å². The van der Waals surface area contributed by atoms with Crippen LogP contribution in [-0.2, 0) is 6.32 Å². The summed E-state index contributed by atoms with van der Waals surface area (Å²) in [6.07, 6.45) is -0.489. The Kier molecular flexibility index (Phi) is 3.15. The average Bonchev–Trinajstić information content (AvgIpc) is 2.01. The van der Waals surface area contributed by atoms with E-state index < -0.39 is 19.4 Å². The van der Waals surface area contributed by atoms with Gasteiger partial charge < -0.3 is 18.1 Å². The predicted octanol–water partition coefficient (Wildman–Crippen LogP) is 2.06. The first-order chi connectivity index (χ1) is 6.38. The number of nitrogens with zero attached hydrogens (tertiary/aromatic N) is 1. The van der Waals surface area contributed by atoms with Crippen molar-refractivity contribution in [2.24, 2.45) is 0 Å². The molecule has 0 aliphatic rings. The van der Waals surface area contributed by atoms with Crippen LogP contribution in [0.2, 0.25) is 0 Å². The second kappa shape index (κ2) is 4.00. The van der Waals surface area contributed by atoms with Crippen molar-refractivity contribution in [3.05, 3.63) is 29.6 Å². The van der Waals surface area contributed by atoms with Crippen LogP contribution in [0, 0.1) is 0 Å². The highest BCUT2D eigenvalue weighted by Crippen LogP contribution is 2.18. The second-order valence-electron chi connectivity index (χ2n) is 3.18. The lowest BCUT2D eigenvalue weighted by Gasteiger charge is -2.14. The van der Waals surface area contributed by atoms with Gasteiger partial charge in [-0.1, -0.05) is 11.9 Å². The van der Waals surface area contributed by atoms with Crippen molar-refractivity contribution >= 4 is 6.98 Å². The van der Waals surface area contributed by atoms with E-state index in [1.165, 1.54) is 25.3 Å². The maximum Gasteiger partial charge on any atom is 0.482 e. The van der Waals surface area contributed by atoms with Crippen LogP contribution in [0.1, 0.15) is 24.3 Å². The summed E-state index contributed by atoms with van der Waals surface area (Å²) in [4.78, 5) is 3.76. The molecule has 0 saturated heterocycles. The molecule has 2 nitrogen and oxygen atoms in total. The van der Waals surface area contributed by atoms with Gasteiger partial charge in [-0.15, -0.1) is 0 Å². The molecule has 1 N–H and O–H groups in total. The molecule has 0 fully saturated rings. The predicted molar refractivity (Wildman–Crippen MR) is 47.7 cm³/mol. The fourth-order valence-electron chi connectivity index (χ4n) is 1.12. The highest BCUT2D eigenvalue weighted by atomic mass is 19.4. The van der Waals surface area contributed by atoms with Gasteiger partial charge in [0.1, 0.15) is 0 Å². The summed E-state index contributed by atoms with van der Waals surface area (Å²) in [6, 6.07) is 2.58. The van der Waals surface area contributed by atoms with Gasteiger partial charge in [-0.3, -0.25) is 4.98 Å². The van der Waals surface area contributed by atoms with E-state index in [0.29, 0.717) is 0 Å². The van der Waals surface area contributed by atoms with Gasteiger partial charge in [0.05, 0.1) is 11.8 Å². The van der Waals surface area contributed by atoms with Gasteiger partial charge in [0.2, 0.25) is 0 Å². The molecule has 0 aliphatic heterocycles. The summed E-state index contributed by atoms with van der Waals surface area (Å²) in [5.41, 5.74) is 0.408. The molecule has 1 atom stereocenters. The molecule has 0 saturated carbocycles. The van der Waals surface area contributed by atoms with Gasteiger partial charge in [0, 0.05) is 6.20 Å². The Hall–Kier alpha value is -1.04. The zero-order chi connectivity index (χ0) is 10.8. The first-order valence-electron chi connectivity index (χ1n) is 4.22. The number of aliphatic hydroxyl groups excluding tert-OH is 1. The Morgan fingerprint density at radius 1 is 1.50 bits per heavy atom. The highest BCUT2D eigenvalue weighted by Gasteiger charge is 2.23. The van der Waals surface area contributed by atoms with E-state index in [0.717, 1.165) is 0 Å². The molecule has 1 heterocycles. The third-order valence-corrected chi connectivity index (χ3v) is 1.74. The monoisotopic (exact) mass is 204 g/mol. The molecule has 0 bridgehead atoms. The van der Waals surface area contributed by atoms with Crippen molar-refractivity contribution in [1.29, 1.82) is 0 Å². The van der Waals surface area contributed by atoms with Crippen molar-refractivity contribution < 1.29 is 18.1 Å². The smallest absolute Gasteiger partial charge is 0.449 e. The summed E-state index contributed by atoms with van der Waals surface area (Å²) in [6.45, 7) is -3.36. The van der Waals surface area contributed by atoms with Crippen LogP contribution in [0.25, 0.3) is 0 Å². The van der Waals surface area contributed by atoms with Crippen LogP contribution in [0.3, 0.4) is 0 Å². The lowest BCUT2D eigenvalue weighted by atomic mass is 9.82. The van der Waals surface area contributed by atoms with E-state index in [1.807, 2.05) is 0 Å². The summed E-state index contributed by atoms with van der Waals surface area (Å²) < 4.78 is 36.2. The van der Waals surface area contributed by atoms with Crippen molar-refractivity contribution in [3.8, 4) is 0 Å². The minimum Gasteiger partial charge on any atom is -0.449 e. The number of pyridine rings is 1. The third-order valence-electron chi connectivity index (χ3n) is 1.74.